The van der Waals surface area contributed by atoms with Crippen LogP contribution in [0.5, 0.6) is 11.5 Å². The number of benzene rings is 2. The van der Waals surface area contributed by atoms with Crippen LogP contribution >= 0.6 is 0 Å². The maximum absolute atomic E-state index is 12.3. The number of amides is 1. The first-order chi connectivity index (χ1) is 12.7. The molecule has 0 saturated carbocycles. The summed E-state index contributed by atoms with van der Waals surface area (Å²) in [6, 6.07) is 14.9. The molecule has 0 aromatic heterocycles. The zero-order chi connectivity index (χ0) is 18.6. The summed E-state index contributed by atoms with van der Waals surface area (Å²) in [4.78, 5) is 12.3. The van der Waals surface area contributed by atoms with Crippen LogP contribution in [0.4, 0.5) is 11.4 Å². The van der Waals surface area contributed by atoms with E-state index in [1.54, 1.807) is 0 Å². The first kappa shape index (κ1) is 19.6. The summed E-state index contributed by atoms with van der Waals surface area (Å²) in [5.74, 6) is 1.18. The van der Waals surface area contributed by atoms with Crippen LogP contribution in [-0.2, 0) is 9.53 Å². The van der Waals surface area contributed by atoms with Gasteiger partial charge in [0.25, 0.3) is 0 Å². The van der Waals surface area contributed by atoms with E-state index in [4.69, 9.17) is 14.2 Å². The van der Waals surface area contributed by atoms with Crippen molar-refractivity contribution in [1.29, 1.82) is 0 Å². The third-order valence-electron chi connectivity index (χ3n) is 3.48. The van der Waals surface area contributed by atoms with Gasteiger partial charge in [0.15, 0.2) is 0 Å². The van der Waals surface area contributed by atoms with Crippen molar-refractivity contribution in [2.45, 2.75) is 13.8 Å². The van der Waals surface area contributed by atoms with Gasteiger partial charge in [0, 0.05) is 6.61 Å². The number of hydrogen-bond donors (Lipinski definition) is 2. The molecule has 0 atom stereocenters. The fraction of sp³-hybridized carbons (Fsp3) is 0.350. The summed E-state index contributed by atoms with van der Waals surface area (Å²) in [7, 11) is 0. The third kappa shape index (κ3) is 6.29. The Labute approximate surface area is 154 Å². The number of rotatable bonds is 11. The van der Waals surface area contributed by atoms with Crippen LogP contribution < -0.4 is 20.1 Å². The van der Waals surface area contributed by atoms with E-state index in [1.165, 1.54) is 0 Å². The molecule has 0 aliphatic carbocycles. The molecule has 0 radical (unpaired) electrons. The van der Waals surface area contributed by atoms with Crippen molar-refractivity contribution < 1.29 is 19.0 Å². The van der Waals surface area contributed by atoms with Gasteiger partial charge >= 0.3 is 0 Å². The van der Waals surface area contributed by atoms with Gasteiger partial charge in [-0.15, -0.1) is 0 Å². The molecule has 6 heteroatoms. The maximum Gasteiger partial charge on any atom is 0.243 e. The lowest BCUT2D eigenvalue weighted by molar-refractivity contribution is -0.114. The van der Waals surface area contributed by atoms with E-state index in [2.05, 4.69) is 10.6 Å². The summed E-state index contributed by atoms with van der Waals surface area (Å²) >= 11 is 0. The molecule has 0 aliphatic heterocycles. The van der Waals surface area contributed by atoms with Gasteiger partial charge in [-0.25, -0.2) is 0 Å². The molecular weight excluding hydrogens is 332 g/mol. The van der Waals surface area contributed by atoms with E-state index in [-0.39, 0.29) is 12.5 Å². The van der Waals surface area contributed by atoms with Gasteiger partial charge < -0.3 is 24.8 Å². The van der Waals surface area contributed by atoms with E-state index in [1.807, 2.05) is 62.4 Å². The van der Waals surface area contributed by atoms with Gasteiger partial charge in [-0.2, -0.15) is 0 Å². The predicted octanol–water partition coefficient (Wildman–Crippen LogP) is 3.55. The van der Waals surface area contributed by atoms with E-state index in [9.17, 15) is 4.79 Å². The Balaban J connectivity index is 1.89. The highest BCUT2D eigenvalue weighted by Crippen LogP contribution is 2.25. The fourth-order valence-electron chi connectivity index (χ4n) is 2.31. The van der Waals surface area contributed by atoms with Crippen LogP contribution in [0.2, 0.25) is 0 Å². The van der Waals surface area contributed by atoms with Crippen molar-refractivity contribution in [3.63, 3.8) is 0 Å². The van der Waals surface area contributed by atoms with Crippen LogP contribution in [0, 0.1) is 0 Å². The first-order valence-electron chi connectivity index (χ1n) is 8.79. The topological polar surface area (TPSA) is 68.8 Å². The smallest absolute Gasteiger partial charge is 0.243 e. The molecule has 0 spiro atoms. The highest BCUT2D eigenvalue weighted by Gasteiger charge is 2.09. The second kappa shape index (κ2) is 11.0. The number of nitrogens with one attached hydrogen (secondary N) is 2. The average molecular weight is 358 g/mol. The Kier molecular flexibility index (Phi) is 8.29. The lowest BCUT2D eigenvalue weighted by atomic mass is 10.2. The van der Waals surface area contributed by atoms with E-state index in [0.29, 0.717) is 43.6 Å². The highest BCUT2D eigenvalue weighted by molar-refractivity contribution is 5.95. The van der Waals surface area contributed by atoms with Crippen molar-refractivity contribution >= 4 is 17.3 Å². The molecule has 2 aromatic carbocycles. The minimum Gasteiger partial charge on any atom is -0.492 e. The van der Waals surface area contributed by atoms with Crippen LogP contribution in [0.3, 0.4) is 0 Å². The highest BCUT2D eigenvalue weighted by atomic mass is 16.5. The van der Waals surface area contributed by atoms with Crippen molar-refractivity contribution in [2.75, 3.05) is 43.6 Å². The molecule has 0 fully saturated rings. The summed E-state index contributed by atoms with van der Waals surface area (Å²) < 4.78 is 16.5. The second-order valence-electron chi connectivity index (χ2n) is 5.37. The van der Waals surface area contributed by atoms with Crippen LogP contribution in [0.25, 0.3) is 0 Å². The largest absolute Gasteiger partial charge is 0.492 e. The molecule has 26 heavy (non-hydrogen) atoms. The molecular formula is C20H26N2O4. The van der Waals surface area contributed by atoms with Gasteiger partial charge in [-0.3, -0.25) is 4.79 Å². The standard InChI is InChI=1S/C20H26N2O4/c1-3-24-13-14-26-18-11-7-5-9-16(18)21-15-20(23)22-17-10-6-8-12-19(17)25-4-2/h5-12,21H,3-4,13-15H2,1-2H3,(H,22,23). The number of hydrogen-bond acceptors (Lipinski definition) is 5. The third-order valence-corrected chi connectivity index (χ3v) is 3.48. The normalized spacial score (nSPS) is 10.2. The van der Waals surface area contributed by atoms with Crippen molar-refractivity contribution in [1.82, 2.24) is 0 Å². The van der Waals surface area contributed by atoms with Gasteiger partial charge in [0.05, 0.1) is 31.1 Å². The number of carbonyl (C=O) groups is 1. The summed E-state index contributed by atoms with van der Waals surface area (Å²) in [5.41, 5.74) is 1.42. The molecule has 1 amide bonds. The zero-order valence-corrected chi connectivity index (χ0v) is 15.3. The fourth-order valence-corrected chi connectivity index (χ4v) is 2.31. The molecule has 0 aliphatic rings. The molecule has 0 heterocycles. The van der Waals surface area contributed by atoms with Gasteiger partial charge in [0.2, 0.25) is 5.91 Å². The van der Waals surface area contributed by atoms with E-state index in [0.717, 1.165) is 5.69 Å². The number of para-hydroxylation sites is 4. The van der Waals surface area contributed by atoms with E-state index < -0.39 is 0 Å². The molecule has 140 valence electrons. The number of ether oxygens (including phenoxy) is 3. The molecule has 0 unspecified atom stereocenters. The summed E-state index contributed by atoms with van der Waals surface area (Å²) in [6.07, 6.45) is 0. The van der Waals surface area contributed by atoms with Gasteiger partial charge in [-0.1, -0.05) is 24.3 Å². The predicted molar refractivity (Wildman–Crippen MR) is 103 cm³/mol. The molecule has 0 bridgehead atoms. The quantitative estimate of drug-likeness (QED) is 0.601. The zero-order valence-electron chi connectivity index (χ0n) is 15.3. The Hall–Kier alpha value is -2.73. The minimum atomic E-state index is -0.165. The molecule has 2 N–H and O–H groups in total. The van der Waals surface area contributed by atoms with Crippen LogP contribution in [0.1, 0.15) is 13.8 Å². The monoisotopic (exact) mass is 358 g/mol. The molecule has 2 aromatic rings. The lowest BCUT2D eigenvalue weighted by Gasteiger charge is -2.14. The average Bonchev–Trinajstić information content (AvgIpc) is 2.66. The first-order valence-corrected chi connectivity index (χ1v) is 8.79. The van der Waals surface area contributed by atoms with Gasteiger partial charge in [0.1, 0.15) is 18.1 Å². The molecule has 2 rings (SSSR count). The SMILES string of the molecule is CCOCCOc1ccccc1NCC(=O)Nc1ccccc1OCC. The van der Waals surface area contributed by atoms with Crippen molar-refractivity contribution in [2.24, 2.45) is 0 Å². The molecule has 0 saturated heterocycles. The van der Waals surface area contributed by atoms with Gasteiger partial charge in [-0.05, 0) is 38.1 Å². The summed E-state index contributed by atoms with van der Waals surface area (Å²) in [5, 5.41) is 5.96. The van der Waals surface area contributed by atoms with Crippen molar-refractivity contribution in [3.05, 3.63) is 48.5 Å². The Morgan fingerprint density at radius 3 is 2.19 bits per heavy atom. The number of anilines is 2. The van der Waals surface area contributed by atoms with Crippen LogP contribution in [0.15, 0.2) is 48.5 Å². The number of carbonyl (C=O) groups excluding carboxylic acids is 1. The van der Waals surface area contributed by atoms with Crippen LogP contribution in [-0.4, -0.2) is 38.9 Å². The van der Waals surface area contributed by atoms with Crippen molar-refractivity contribution in [3.8, 4) is 11.5 Å². The lowest BCUT2D eigenvalue weighted by Crippen LogP contribution is -2.22. The van der Waals surface area contributed by atoms with E-state index >= 15 is 0 Å². The Bertz CT molecular complexity index is 691. The maximum atomic E-state index is 12.3. The molecule has 6 nitrogen and oxygen atoms in total. The second-order valence-corrected chi connectivity index (χ2v) is 5.37. The Morgan fingerprint density at radius 2 is 1.50 bits per heavy atom. The Morgan fingerprint density at radius 1 is 0.846 bits per heavy atom. The minimum absolute atomic E-state index is 0.117. The summed E-state index contributed by atoms with van der Waals surface area (Å²) in [6.45, 7) is 6.15.